The summed E-state index contributed by atoms with van der Waals surface area (Å²) in [4.78, 5) is 18.0. The number of halogens is 6. The van der Waals surface area contributed by atoms with E-state index in [2.05, 4.69) is 0 Å². The average Bonchev–Trinajstić information content (AvgIpc) is 2.52. The summed E-state index contributed by atoms with van der Waals surface area (Å²) in [6, 6.07) is 6.40. The van der Waals surface area contributed by atoms with E-state index in [-0.39, 0.29) is 11.6 Å². The van der Waals surface area contributed by atoms with Crippen LogP contribution in [0.5, 0.6) is 0 Å². The summed E-state index contributed by atoms with van der Waals surface area (Å²) in [5.74, 6) is 0. The Morgan fingerprint density at radius 1 is 0.846 bits per heavy atom. The van der Waals surface area contributed by atoms with E-state index in [1.54, 1.807) is 0 Å². The van der Waals surface area contributed by atoms with Gasteiger partial charge in [0.25, 0.3) is 0 Å². The SMILES string of the molecule is O=[N+]([O-])C1([N+](=O)[O-])C=CC(c2ccccc2)=CC1(C(F)(F)F)C(F)(F)F. The molecule has 12 heteroatoms. The van der Waals surface area contributed by atoms with Gasteiger partial charge in [-0.1, -0.05) is 30.3 Å². The van der Waals surface area contributed by atoms with E-state index in [9.17, 15) is 46.6 Å². The van der Waals surface area contributed by atoms with E-state index in [1.165, 1.54) is 30.3 Å². The van der Waals surface area contributed by atoms with Crippen molar-refractivity contribution in [1.82, 2.24) is 0 Å². The Bertz CT molecular complexity index is 770. The van der Waals surface area contributed by atoms with Crippen molar-refractivity contribution < 1.29 is 36.2 Å². The van der Waals surface area contributed by atoms with Crippen LogP contribution in [0.2, 0.25) is 0 Å². The van der Waals surface area contributed by atoms with Gasteiger partial charge in [-0.05, 0) is 23.3 Å². The molecule has 0 atom stereocenters. The van der Waals surface area contributed by atoms with Gasteiger partial charge in [0.05, 0.1) is 6.08 Å². The molecule has 0 bridgehead atoms. The Morgan fingerprint density at radius 3 is 1.69 bits per heavy atom. The van der Waals surface area contributed by atoms with Gasteiger partial charge in [-0.15, -0.1) is 0 Å². The molecule has 1 aromatic carbocycles. The first-order chi connectivity index (χ1) is 11.8. The standard InChI is InChI=1S/C14H8F6N2O4/c15-13(16,17)11(14(18,19)20)8-10(9-4-2-1-3-5-9)6-7-12(11,21(23)24)22(25)26/h1-8H. The van der Waals surface area contributed by atoms with E-state index >= 15 is 0 Å². The van der Waals surface area contributed by atoms with Gasteiger partial charge >= 0.3 is 23.4 Å². The van der Waals surface area contributed by atoms with Crippen molar-refractivity contribution in [2.45, 2.75) is 18.0 Å². The number of nitrogens with zero attached hydrogens (tertiary/aromatic N) is 2. The number of alkyl halides is 6. The number of hydrogen-bond acceptors (Lipinski definition) is 4. The number of rotatable bonds is 3. The van der Waals surface area contributed by atoms with Gasteiger partial charge in [-0.3, -0.25) is 20.2 Å². The molecule has 0 fully saturated rings. The molecule has 6 nitrogen and oxygen atoms in total. The molecule has 0 amide bonds. The normalized spacial score (nSPS) is 18.9. The molecule has 0 radical (unpaired) electrons. The second-order valence-corrected chi connectivity index (χ2v) is 5.34. The van der Waals surface area contributed by atoms with Crippen molar-refractivity contribution in [3.05, 3.63) is 74.4 Å². The maximum Gasteiger partial charge on any atom is 0.504 e. The molecular weight excluding hydrogens is 374 g/mol. The summed E-state index contributed by atoms with van der Waals surface area (Å²) in [5, 5.41) is 22.3. The predicted molar refractivity (Wildman–Crippen MR) is 74.8 cm³/mol. The summed E-state index contributed by atoms with van der Waals surface area (Å²) in [5.41, 5.74) is -10.9. The maximum atomic E-state index is 13.6. The zero-order valence-electron chi connectivity index (χ0n) is 12.4. The van der Waals surface area contributed by atoms with Gasteiger partial charge in [0.1, 0.15) is 9.85 Å². The lowest BCUT2D eigenvalue weighted by Gasteiger charge is -2.38. The zero-order valence-corrected chi connectivity index (χ0v) is 12.4. The van der Waals surface area contributed by atoms with Crippen LogP contribution in [0, 0.1) is 25.6 Å². The second-order valence-electron chi connectivity index (χ2n) is 5.34. The van der Waals surface area contributed by atoms with E-state index in [0.29, 0.717) is 6.08 Å². The molecule has 26 heavy (non-hydrogen) atoms. The predicted octanol–water partition coefficient (Wildman–Crippen LogP) is 4.00. The average molecular weight is 382 g/mol. The van der Waals surface area contributed by atoms with Crippen LogP contribution in [0.25, 0.3) is 5.57 Å². The van der Waals surface area contributed by atoms with Gasteiger partial charge in [-0.25, -0.2) is 0 Å². The van der Waals surface area contributed by atoms with Gasteiger partial charge in [0, 0.05) is 0 Å². The molecule has 2 rings (SSSR count). The molecule has 0 aromatic heterocycles. The van der Waals surface area contributed by atoms with Gasteiger partial charge in [0.15, 0.2) is 0 Å². The van der Waals surface area contributed by atoms with Crippen LogP contribution in [0.4, 0.5) is 26.3 Å². The van der Waals surface area contributed by atoms with Crippen molar-refractivity contribution in [2.75, 3.05) is 0 Å². The van der Waals surface area contributed by atoms with Crippen LogP contribution in [0.15, 0.2) is 48.6 Å². The van der Waals surface area contributed by atoms with Crippen LogP contribution < -0.4 is 0 Å². The summed E-state index contributed by atoms with van der Waals surface area (Å²) in [6.45, 7) is 0. The van der Waals surface area contributed by atoms with Gasteiger partial charge in [-0.2, -0.15) is 26.3 Å². The zero-order chi connectivity index (χ0) is 20.0. The smallest absolute Gasteiger partial charge is 0.258 e. The maximum absolute atomic E-state index is 13.6. The number of allylic oxidation sites excluding steroid dienone is 2. The van der Waals surface area contributed by atoms with Crippen LogP contribution in [-0.4, -0.2) is 27.9 Å². The molecule has 0 saturated carbocycles. The fraction of sp³-hybridized carbons (Fsp3) is 0.286. The first kappa shape index (κ1) is 19.4. The van der Waals surface area contributed by atoms with Crippen molar-refractivity contribution in [3.63, 3.8) is 0 Å². The number of nitro groups is 2. The molecule has 0 N–H and O–H groups in total. The number of hydrogen-bond donors (Lipinski definition) is 0. The van der Waals surface area contributed by atoms with Crippen LogP contribution >= 0.6 is 0 Å². The first-order valence-electron chi connectivity index (χ1n) is 6.71. The molecule has 0 saturated heterocycles. The summed E-state index contributed by atoms with van der Waals surface area (Å²) < 4.78 is 81.5. The van der Waals surface area contributed by atoms with E-state index in [0.717, 1.165) is 0 Å². The minimum absolute atomic E-state index is 0.123. The van der Waals surface area contributed by atoms with Crippen LogP contribution in [0.1, 0.15) is 5.56 Å². The molecule has 140 valence electrons. The second kappa shape index (κ2) is 5.81. The minimum Gasteiger partial charge on any atom is -0.258 e. The highest BCUT2D eigenvalue weighted by Crippen LogP contribution is 2.61. The highest BCUT2D eigenvalue weighted by molar-refractivity contribution is 5.76. The Hall–Kier alpha value is -2.92. The summed E-state index contributed by atoms with van der Waals surface area (Å²) in [7, 11) is 0. The topological polar surface area (TPSA) is 86.3 Å². The third-order valence-electron chi connectivity index (χ3n) is 4.01. The van der Waals surface area contributed by atoms with Crippen molar-refractivity contribution >= 4 is 5.57 Å². The Labute approximate surface area is 140 Å². The molecular formula is C14H8F6N2O4. The molecule has 1 aliphatic carbocycles. The fourth-order valence-corrected chi connectivity index (χ4v) is 2.75. The Kier molecular flexibility index (Phi) is 4.34. The lowest BCUT2D eigenvalue weighted by molar-refractivity contribution is -0.811. The lowest BCUT2D eigenvalue weighted by Crippen LogP contribution is -2.70. The van der Waals surface area contributed by atoms with Crippen LogP contribution in [-0.2, 0) is 0 Å². The molecule has 0 spiro atoms. The van der Waals surface area contributed by atoms with Crippen molar-refractivity contribution in [1.29, 1.82) is 0 Å². The lowest BCUT2D eigenvalue weighted by atomic mass is 9.69. The summed E-state index contributed by atoms with van der Waals surface area (Å²) >= 11 is 0. The largest absolute Gasteiger partial charge is 0.504 e. The van der Waals surface area contributed by atoms with Crippen LogP contribution in [0.3, 0.4) is 0 Å². The molecule has 0 heterocycles. The molecule has 1 aliphatic rings. The third kappa shape index (κ3) is 2.44. The minimum atomic E-state index is -6.38. The van der Waals surface area contributed by atoms with E-state index in [4.69, 9.17) is 0 Å². The quantitative estimate of drug-likeness (QED) is 0.342. The monoisotopic (exact) mass is 382 g/mol. The Balaban J connectivity index is 2.96. The fourth-order valence-electron chi connectivity index (χ4n) is 2.75. The highest BCUT2D eigenvalue weighted by Gasteiger charge is 2.91. The highest BCUT2D eigenvalue weighted by atomic mass is 19.4. The van der Waals surface area contributed by atoms with E-state index in [1.807, 2.05) is 0 Å². The van der Waals surface area contributed by atoms with Crippen molar-refractivity contribution in [3.8, 4) is 0 Å². The van der Waals surface area contributed by atoms with E-state index < -0.39 is 44.9 Å². The third-order valence-corrected chi connectivity index (χ3v) is 4.01. The number of benzene rings is 1. The first-order valence-corrected chi connectivity index (χ1v) is 6.71. The molecule has 0 aliphatic heterocycles. The molecule has 0 unspecified atom stereocenters. The van der Waals surface area contributed by atoms with Gasteiger partial charge in [0.2, 0.25) is 0 Å². The molecule has 1 aromatic rings. The summed E-state index contributed by atoms with van der Waals surface area (Å²) in [6.07, 6.45) is -13.0. The Morgan fingerprint density at radius 2 is 1.31 bits per heavy atom. The van der Waals surface area contributed by atoms with Gasteiger partial charge < -0.3 is 0 Å². The van der Waals surface area contributed by atoms with Crippen molar-refractivity contribution in [2.24, 2.45) is 5.41 Å².